The van der Waals surface area contributed by atoms with Gasteiger partial charge in [0.15, 0.2) is 0 Å². The molecule has 0 radical (unpaired) electrons. The van der Waals surface area contributed by atoms with Crippen LogP contribution in [0, 0.1) is 6.92 Å². The van der Waals surface area contributed by atoms with Crippen molar-refractivity contribution >= 4 is 18.1 Å². The van der Waals surface area contributed by atoms with E-state index >= 15 is 0 Å². The Morgan fingerprint density at radius 2 is 2.00 bits per heavy atom. The second-order valence-corrected chi connectivity index (χ2v) is 4.82. The zero-order chi connectivity index (χ0) is 13.8. The van der Waals surface area contributed by atoms with Crippen LogP contribution >= 0.6 is 0 Å². The summed E-state index contributed by atoms with van der Waals surface area (Å²) >= 11 is 0. The molecule has 1 heterocycles. The number of benzene rings is 1. The molecule has 2 rings (SSSR count). The summed E-state index contributed by atoms with van der Waals surface area (Å²) in [5.41, 5.74) is 3.03. The molecule has 1 N–H and O–H groups in total. The molecule has 1 fully saturated rings. The average Bonchev–Trinajstić information content (AvgIpc) is 2.38. The molecular formula is C14H18N2O3. The van der Waals surface area contributed by atoms with Gasteiger partial charge in [-0.25, -0.2) is 0 Å². The molecule has 19 heavy (non-hydrogen) atoms. The standard InChI is InChI=1S/C14H18N2O3/c1-11-8-12(9-14(18)19)2-3-13(11)16-6-4-15(10-17)5-7-16/h2-3,8,10H,4-7,9H2,1H3,(H,18,19). The molecule has 5 heteroatoms. The van der Waals surface area contributed by atoms with Crippen molar-refractivity contribution in [3.8, 4) is 0 Å². The molecular weight excluding hydrogens is 244 g/mol. The summed E-state index contributed by atoms with van der Waals surface area (Å²) in [5.74, 6) is -0.813. The van der Waals surface area contributed by atoms with Crippen LogP contribution < -0.4 is 4.90 Å². The molecule has 0 unspecified atom stereocenters. The first-order valence-corrected chi connectivity index (χ1v) is 6.36. The van der Waals surface area contributed by atoms with Crippen LogP contribution in [-0.4, -0.2) is 48.6 Å². The van der Waals surface area contributed by atoms with E-state index in [0.29, 0.717) is 0 Å². The number of aliphatic carboxylic acids is 1. The van der Waals surface area contributed by atoms with Gasteiger partial charge in [0.25, 0.3) is 0 Å². The van der Waals surface area contributed by atoms with Crippen LogP contribution in [0.1, 0.15) is 11.1 Å². The number of amides is 1. The lowest BCUT2D eigenvalue weighted by Gasteiger charge is -2.35. The van der Waals surface area contributed by atoms with Gasteiger partial charge in [-0.05, 0) is 24.1 Å². The third-order valence-electron chi connectivity index (χ3n) is 3.42. The van der Waals surface area contributed by atoms with E-state index in [2.05, 4.69) is 4.90 Å². The summed E-state index contributed by atoms with van der Waals surface area (Å²) in [6, 6.07) is 5.77. The Hall–Kier alpha value is -2.04. The maximum Gasteiger partial charge on any atom is 0.307 e. The van der Waals surface area contributed by atoms with Crippen molar-refractivity contribution in [3.63, 3.8) is 0 Å². The topological polar surface area (TPSA) is 60.9 Å². The average molecular weight is 262 g/mol. The number of hydrogen-bond donors (Lipinski definition) is 1. The van der Waals surface area contributed by atoms with Gasteiger partial charge < -0.3 is 14.9 Å². The van der Waals surface area contributed by atoms with E-state index in [9.17, 15) is 9.59 Å². The zero-order valence-electron chi connectivity index (χ0n) is 11.0. The molecule has 0 aromatic heterocycles. The molecule has 1 aliphatic rings. The molecule has 0 saturated carbocycles. The van der Waals surface area contributed by atoms with Crippen LogP contribution in [-0.2, 0) is 16.0 Å². The monoisotopic (exact) mass is 262 g/mol. The molecule has 0 atom stereocenters. The Morgan fingerprint density at radius 3 is 2.53 bits per heavy atom. The predicted molar refractivity (Wildman–Crippen MR) is 72.4 cm³/mol. The third kappa shape index (κ3) is 3.24. The van der Waals surface area contributed by atoms with E-state index in [4.69, 9.17) is 5.11 Å². The minimum Gasteiger partial charge on any atom is -0.481 e. The quantitative estimate of drug-likeness (QED) is 0.819. The SMILES string of the molecule is Cc1cc(CC(=O)O)ccc1N1CCN(C=O)CC1. The first-order valence-electron chi connectivity index (χ1n) is 6.36. The van der Waals surface area contributed by atoms with Gasteiger partial charge in [-0.15, -0.1) is 0 Å². The van der Waals surface area contributed by atoms with Crippen molar-refractivity contribution in [1.82, 2.24) is 4.90 Å². The summed E-state index contributed by atoms with van der Waals surface area (Å²) in [7, 11) is 0. The Bertz CT molecular complexity index is 480. The van der Waals surface area contributed by atoms with Gasteiger partial charge in [-0.3, -0.25) is 9.59 Å². The zero-order valence-corrected chi connectivity index (χ0v) is 11.0. The number of carbonyl (C=O) groups excluding carboxylic acids is 1. The second-order valence-electron chi connectivity index (χ2n) is 4.82. The van der Waals surface area contributed by atoms with E-state index < -0.39 is 5.97 Å². The van der Waals surface area contributed by atoms with Crippen molar-refractivity contribution in [2.24, 2.45) is 0 Å². The Balaban J connectivity index is 2.09. The van der Waals surface area contributed by atoms with E-state index in [-0.39, 0.29) is 6.42 Å². The molecule has 1 aliphatic heterocycles. The first-order chi connectivity index (χ1) is 9.10. The van der Waals surface area contributed by atoms with Gasteiger partial charge in [-0.2, -0.15) is 0 Å². The lowest BCUT2D eigenvalue weighted by Crippen LogP contribution is -2.45. The molecule has 1 saturated heterocycles. The number of hydrogen-bond acceptors (Lipinski definition) is 3. The molecule has 1 aromatic rings. The fourth-order valence-corrected chi connectivity index (χ4v) is 2.43. The number of nitrogens with zero attached hydrogens (tertiary/aromatic N) is 2. The van der Waals surface area contributed by atoms with Crippen LogP contribution in [0.4, 0.5) is 5.69 Å². The Labute approximate surface area is 112 Å². The smallest absolute Gasteiger partial charge is 0.307 e. The van der Waals surface area contributed by atoms with Crippen molar-refractivity contribution < 1.29 is 14.7 Å². The first kappa shape index (κ1) is 13.4. The molecule has 1 aromatic carbocycles. The van der Waals surface area contributed by atoms with Gasteiger partial charge in [0.2, 0.25) is 6.41 Å². The fourth-order valence-electron chi connectivity index (χ4n) is 2.43. The normalized spacial score (nSPS) is 15.4. The Kier molecular flexibility index (Phi) is 4.04. The van der Waals surface area contributed by atoms with Crippen LogP contribution in [0.5, 0.6) is 0 Å². The Morgan fingerprint density at radius 1 is 1.32 bits per heavy atom. The van der Waals surface area contributed by atoms with Crippen molar-refractivity contribution in [3.05, 3.63) is 29.3 Å². The van der Waals surface area contributed by atoms with E-state index in [1.165, 1.54) is 0 Å². The summed E-state index contributed by atoms with van der Waals surface area (Å²) in [5, 5.41) is 8.78. The number of anilines is 1. The number of carboxylic acid groups (broad SMARTS) is 1. The molecule has 0 spiro atoms. The summed E-state index contributed by atoms with van der Waals surface area (Å²) in [6.07, 6.45) is 0.945. The van der Waals surface area contributed by atoms with E-state index in [1.807, 2.05) is 25.1 Å². The number of rotatable bonds is 4. The minimum atomic E-state index is -0.813. The highest BCUT2D eigenvalue weighted by molar-refractivity contribution is 5.71. The lowest BCUT2D eigenvalue weighted by atomic mass is 10.1. The summed E-state index contributed by atoms with van der Waals surface area (Å²) in [4.78, 5) is 25.4. The third-order valence-corrected chi connectivity index (χ3v) is 3.42. The van der Waals surface area contributed by atoms with E-state index in [1.54, 1.807) is 4.90 Å². The maximum absolute atomic E-state index is 10.7. The second kappa shape index (κ2) is 5.73. The molecule has 102 valence electrons. The summed E-state index contributed by atoms with van der Waals surface area (Å²) < 4.78 is 0. The largest absolute Gasteiger partial charge is 0.481 e. The number of carboxylic acids is 1. The van der Waals surface area contributed by atoms with Crippen LogP contribution in [0.25, 0.3) is 0 Å². The predicted octanol–water partition coefficient (Wildman–Crippen LogP) is 0.901. The number of piperazine rings is 1. The van der Waals surface area contributed by atoms with Crippen molar-refractivity contribution in [1.29, 1.82) is 0 Å². The molecule has 0 aliphatic carbocycles. The van der Waals surface area contributed by atoms with Crippen LogP contribution in [0.3, 0.4) is 0 Å². The van der Waals surface area contributed by atoms with Gasteiger partial charge in [-0.1, -0.05) is 12.1 Å². The van der Waals surface area contributed by atoms with Crippen molar-refractivity contribution in [2.45, 2.75) is 13.3 Å². The van der Waals surface area contributed by atoms with Gasteiger partial charge in [0.05, 0.1) is 6.42 Å². The van der Waals surface area contributed by atoms with Gasteiger partial charge in [0.1, 0.15) is 0 Å². The minimum absolute atomic E-state index is 0.0556. The summed E-state index contributed by atoms with van der Waals surface area (Å²) in [6.45, 7) is 5.10. The van der Waals surface area contributed by atoms with Gasteiger partial charge >= 0.3 is 5.97 Å². The lowest BCUT2D eigenvalue weighted by molar-refractivity contribution is -0.136. The maximum atomic E-state index is 10.7. The fraction of sp³-hybridized carbons (Fsp3) is 0.429. The molecule has 0 bridgehead atoms. The number of carbonyl (C=O) groups is 2. The highest BCUT2D eigenvalue weighted by Gasteiger charge is 2.17. The molecule has 5 nitrogen and oxygen atoms in total. The molecule has 1 amide bonds. The highest BCUT2D eigenvalue weighted by atomic mass is 16.4. The van der Waals surface area contributed by atoms with Gasteiger partial charge in [0, 0.05) is 31.9 Å². The van der Waals surface area contributed by atoms with Crippen LogP contribution in [0.15, 0.2) is 18.2 Å². The van der Waals surface area contributed by atoms with E-state index in [0.717, 1.165) is 49.4 Å². The number of aryl methyl sites for hydroxylation is 1. The highest BCUT2D eigenvalue weighted by Crippen LogP contribution is 2.22. The van der Waals surface area contributed by atoms with Crippen LogP contribution in [0.2, 0.25) is 0 Å². The van der Waals surface area contributed by atoms with Crippen molar-refractivity contribution in [2.75, 3.05) is 31.1 Å².